The van der Waals surface area contributed by atoms with Crippen molar-refractivity contribution in [2.24, 2.45) is 5.92 Å². The number of hydrogen-bond donors (Lipinski definition) is 1. The van der Waals surface area contributed by atoms with Gasteiger partial charge in [-0.2, -0.15) is 0 Å². The van der Waals surface area contributed by atoms with Crippen LogP contribution in [0.4, 0.5) is 0 Å². The third kappa shape index (κ3) is 3.15. The topological polar surface area (TPSA) is 38.3 Å². The quantitative estimate of drug-likeness (QED) is 0.879. The lowest BCUT2D eigenvalue weighted by Gasteiger charge is -2.42. The Morgan fingerprint density at radius 1 is 0.957 bits per heavy atom. The SMILES string of the molecule is CC(=O)OC(c1ccccc1)(c1ccccc1)C1CCNCC1. The molecule has 3 rings (SSSR count). The highest BCUT2D eigenvalue weighted by molar-refractivity contribution is 5.67. The Kier molecular flexibility index (Phi) is 4.77. The number of esters is 1. The molecule has 0 unspecified atom stereocenters. The molecule has 1 heterocycles. The van der Waals surface area contributed by atoms with E-state index in [4.69, 9.17) is 4.74 Å². The first-order valence-corrected chi connectivity index (χ1v) is 8.25. The molecule has 0 aliphatic carbocycles. The fourth-order valence-corrected chi connectivity index (χ4v) is 3.67. The number of carbonyl (C=O) groups excluding carboxylic acids is 1. The molecular formula is C20H23NO2. The first-order valence-electron chi connectivity index (χ1n) is 8.25. The Balaban J connectivity index is 2.18. The van der Waals surface area contributed by atoms with Gasteiger partial charge in [-0.1, -0.05) is 60.7 Å². The summed E-state index contributed by atoms with van der Waals surface area (Å²) in [5, 5.41) is 3.40. The highest BCUT2D eigenvalue weighted by Crippen LogP contribution is 2.44. The molecule has 1 fully saturated rings. The van der Waals surface area contributed by atoms with Crippen molar-refractivity contribution < 1.29 is 9.53 Å². The van der Waals surface area contributed by atoms with Crippen molar-refractivity contribution in [1.82, 2.24) is 5.32 Å². The zero-order valence-electron chi connectivity index (χ0n) is 13.5. The summed E-state index contributed by atoms with van der Waals surface area (Å²) in [5.41, 5.74) is 1.39. The van der Waals surface area contributed by atoms with Gasteiger partial charge >= 0.3 is 5.97 Å². The van der Waals surface area contributed by atoms with E-state index in [9.17, 15) is 4.79 Å². The number of rotatable bonds is 4. The summed E-state index contributed by atoms with van der Waals surface area (Å²) in [7, 11) is 0. The summed E-state index contributed by atoms with van der Waals surface area (Å²) in [4.78, 5) is 12.0. The number of hydrogen-bond acceptors (Lipinski definition) is 3. The Bertz CT molecular complexity index is 594. The van der Waals surface area contributed by atoms with E-state index in [0.717, 1.165) is 37.1 Å². The van der Waals surface area contributed by atoms with Gasteiger partial charge in [-0.25, -0.2) is 0 Å². The maximum Gasteiger partial charge on any atom is 0.303 e. The first-order chi connectivity index (χ1) is 11.2. The molecular weight excluding hydrogens is 286 g/mol. The van der Waals surface area contributed by atoms with Crippen LogP contribution in [0, 0.1) is 5.92 Å². The zero-order chi connectivity index (χ0) is 16.1. The Hall–Kier alpha value is -2.13. The molecule has 0 atom stereocenters. The van der Waals surface area contributed by atoms with E-state index < -0.39 is 5.60 Å². The van der Waals surface area contributed by atoms with Crippen LogP contribution in [0.5, 0.6) is 0 Å². The minimum atomic E-state index is -0.712. The van der Waals surface area contributed by atoms with Crippen LogP contribution in [0.1, 0.15) is 30.9 Å². The van der Waals surface area contributed by atoms with Gasteiger partial charge in [0.25, 0.3) is 0 Å². The van der Waals surface area contributed by atoms with Gasteiger partial charge in [-0.05, 0) is 25.9 Å². The van der Waals surface area contributed by atoms with Crippen molar-refractivity contribution in [3.63, 3.8) is 0 Å². The van der Waals surface area contributed by atoms with E-state index in [1.807, 2.05) is 36.4 Å². The van der Waals surface area contributed by atoms with E-state index in [1.54, 1.807) is 0 Å². The molecule has 3 heteroatoms. The van der Waals surface area contributed by atoms with Crippen molar-refractivity contribution in [3.05, 3.63) is 71.8 Å². The second-order valence-corrected chi connectivity index (χ2v) is 6.09. The van der Waals surface area contributed by atoms with Crippen LogP contribution in [-0.4, -0.2) is 19.1 Å². The van der Waals surface area contributed by atoms with Crippen LogP contribution < -0.4 is 5.32 Å². The molecule has 0 spiro atoms. The van der Waals surface area contributed by atoms with Gasteiger partial charge < -0.3 is 10.1 Å². The Morgan fingerprint density at radius 2 is 1.43 bits per heavy atom. The molecule has 0 saturated carbocycles. The molecule has 1 N–H and O–H groups in total. The Labute approximate surface area is 137 Å². The van der Waals surface area contributed by atoms with Gasteiger partial charge in [-0.3, -0.25) is 4.79 Å². The molecule has 1 saturated heterocycles. The van der Waals surface area contributed by atoms with Crippen molar-refractivity contribution in [2.75, 3.05) is 13.1 Å². The van der Waals surface area contributed by atoms with E-state index in [0.29, 0.717) is 0 Å². The zero-order valence-corrected chi connectivity index (χ0v) is 13.5. The van der Waals surface area contributed by atoms with Crippen molar-refractivity contribution >= 4 is 5.97 Å². The summed E-state index contributed by atoms with van der Waals surface area (Å²) >= 11 is 0. The lowest BCUT2D eigenvalue weighted by molar-refractivity contribution is -0.160. The van der Waals surface area contributed by atoms with Gasteiger partial charge in [0.05, 0.1) is 0 Å². The van der Waals surface area contributed by atoms with E-state index in [2.05, 4.69) is 29.6 Å². The largest absolute Gasteiger partial charge is 0.449 e. The third-order valence-electron chi connectivity index (χ3n) is 4.62. The smallest absolute Gasteiger partial charge is 0.303 e. The van der Waals surface area contributed by atoms with Gasteiger partial charge in [0.15, 0.2) is 5.60 Å². The van der Waals surface area contributed by atoms with Crippen LogP contribution in [0.3, 0.4) is 0 Å². The predicted octanol–water partition coefficient (Wildman–Crippen LogP) is 3.49. The molecule has 120 valence electrons. The molecule has 0 bridgehead atoms. The number of nitrogens with one attached hydrogen (secondary N) is 1. The summed E-state index contributed by atoms with van der Waals surface area (Å²) in [6.45, 7) is 3.41. The molecule has 23 heavy (non-hydrogen) atoms. The van der Waals surface area contributed by atoms with Crippen LogP contribution in [0.15, 0.2) is 60.7 Å². The average Bonchev–Trinajstić information content (AvgIpc) is 2.62. The molecule has 3 nitrogen and oxygen atoms in total. The number of benzene rings is 2. The summed E-state index contributed by atoms with van der Waals surface area (Å²) in [5.74, 6) is 0.0219. The molecule has 0 radical (unpaired) electrons. The van der Waals surface area contributed by atoms with Gasteiger partial charge in [0, 0.05) is 24.0 Å². The van der Waals surface area contributed by atoms with Crippen LogP contribution in [-0.2, 0) is 15.1 Å². The molecule has 2 aromatic rings. The van der Waals surface area contributed by atoms with Crippen LogP contribution >= 0.6 is 0 Å². The normalized spacial score (nSPS) is 16.0. The average molecular weight is 309 g/mol. The van der Waals surface area contributed by atoms with Crippen LogP contribution in [0.25, 0.3) is 0 Å². The number of carbonyl (C=O) groups is 1. The lowest BCUT2D eigenvalue weighted by atomic mass is 9.72. The van der Waals surface area contributed by atoms with Gasteiger partial charge in [0.2, 0.25) is 0 Å². The maximum absolute atomic E-state index is 12.0. The second-order valence-electron chi connectivity index (χ2n) is 6.09. The van der Waals surface area contributed by atoms with E-state index >= 15 is 0 Å². The van der Waals surface area contributed by atoms with Crippen molar-refractivity contribution in [1.29, 1.82) is 0 Å². The fourth-order valence-electron chi connectivity index (χ4n) is 3.67. The maximum atomic E-state index is 12.0. The predicted molar refractivity (Wildman–Crippen MR) is 91.0 cm³/mol. The summed E-state index contributed by atoms with van der Waals surface area (Å²) < 4.78 is 6.08. The number of ether oxygens (including phenoxy) is 1. The minimum Gasteiger partial charge on any atom is -0.449 e. The summed E-state index contributed by atoms with van der Waals surface area (Å²) in [6, 6.07) is 20.3. The molecule has 2 aromatic carbocycles. The molecule has 0 amide bonds. The van der Waals surface area contributed by atoms with Gasteiger partial charge in [0.1, 0.15) is 0 Å². The van der Waals surface area contributed by atoms with Crippen LogP contribution in [0.2, 0.25) is 0 Å². The monoisotopic (exact) mass is 309 g/mol. The molecule has 0 aromatic heterocycles. The second kappa shape index (κ2) is 6.97. The lowest BCUT2D eigenvalue weighted by Crippen LogP contribution is -2.45. The first kappa shape index (κ1) is 15.8. The fraction of sp³-hybridized carbons (Fsp3) is 0.350. The third-order valence-corrected chi connectivity index (χ3v) is 4.62. The van der Waals surface area contributed by atoms with E-state index in [1.165, 1.54) is 6.92 Å². The van der Waals surface area contributed by atoms with Gasteiger partial charge in [-0.15, -0.1) is 0 Å². The number of piperidine rings is 1. The molecule has 1 aliphatic rings. The highest BCUT2D eigenvalue weighted by atomic mass is 16.6. The molecule has 1 aliphatic heterocycles. The highest BCUT2D eigenvalue weighted by Gasteiger charge is 2.45. The standard InChI is InChI=1S/C20H23NO2/c1-16(22)23-20(17-8-4-2-5-9-17,18-10-6-3-7-11-18)19-12-14-21-15-13-19/h2-11,19,21H,12-15H2,1H3. The van der Waals surface area contributed by atoms with Crippen molar-refractivity contribution in [3.8, 4) is 0 Å². The van der Waals surface area contributed by atoms with E-state index in [-0.39, 0.29) is 11.9 Å². The Morgan fingerprint density at radius 3 is 1.87 bits per heavy atom. The summed E-state index contributed by atoms with van der Waals surface area (Å²) in [6.07, 6.45) is 1.97. The van der Waals surface area contributed by atoms with Crippen molar-refractivity contribution in [2.45, 2.75) is 25.4 Å². The minimum absolute atomic E-state index is 0.240.